The van der Waals surface area contributed by atoms with Crippen LogP contribution in [0.1, 0.15) is 24.0 Å². The first-order chi connectivity index (χ1) is 11.6. The summed E-state index contributed by atoms with van der Waals surface area (Å²) in [5.41, 5.74) is 2.29. The van der Waals surface area contributed by atoms with Crippen LogP contribution in [-0.4, -0.2) is 34.3 Å². The SMILES string of the molecule is Cc1ccccc1[S+]([O-])C1CCN(CCc2ccc(F)cc2)CC1. The van der Waals surface area contributed by atoms with Gasteiger partial charge >= 0.3 is 0 Å². The topological polar surface area (TPSA) is 26.3 Å². The van der Waals surface area contributed by atoms with E-state index in [0.29, 0.717) is 0 Å². The second kappa shape index (κ2) is 8.15. The van der Waals surface area contributed by atoms with Gasteiger partial charge in [0.2, 0.25) is 0 Å². The van der Waals surface area contributed by atoms with Gasteiger partial charge in [-0.2, -0.15) is 0 Å². The van der Waals surface area contributed by atoms with E-state index in [1.54, 1.807) is 0 Å². The summed E-state index contributed by atoms with van der Waals surface area (Å²) in [5.74, 6) is -0.182. The van der Waals surface area contributed by atoms with Crippen LogP contribution in [0.3, 0.4) is 0 Å². The van der Waals surface area contributed by atoms with Crippen molar-refractivity contribution >= 4 is 11.2 Å². The van der Waals surface area contributed by atoms with Crippen molar-refractivity contribution in [2.45, 2.75) is 36.3 Å². The van der Waals surface area contributed by atoms with E-state index < -0.39 is 11.2 Å². The van der Waals surface area contributed by atoms with E-state index in [-0.39, 0.29) is 11.1 Å². The van der Waals surface area contributed by atoms with E-state index in [9.17, 15) is 8.94 Å². The Balaban J connectivity index is 1.49. The van der Waals surface area contributed by atoms with Crippen LogP contribution in [0.4, 0.5) is 4.39 Å². The molecule has 1 unspecified atom stereocenters. The van der Waals surface area contributed by atoms with Gasteiger partial charge in [-0.15, -0.1) is 0 Å². The van der Waals surface area contributed by atoms with Crippen molar-refractivity contribution in [2.75, 3.05) is 19.6 Å². The molecule has 1 saturated heterocycles. The minimum Gasteiger partial charge on any atom is -0.611 e. The minimum atomic E-state index is -0.907. The molecule has 0 radical (unpaired) electrons. The predicted octanol–water partition coefficient (Wildman–Crippen LogP) is 3.95. The number of likely N-dealkylation sites (tertiary alicyclic amines) is 1. The Morgan fingerprint density at radius 3 is 2.42 bits per heavy atom. The summed E-state index contributed by atoms with van der Waals surface area (Å²) >= 11 is -0.907. The minimum absolute atomic E-state index is 0.182. The molecule has 24 heavy (non-hydrogen) atoms. The van der Waals surface area contributed by atoms with E-state index >= 15 is 0 Å². The largest absolute Gasteiger partial charge is 0.611 e. The van der Waals surface area contributed by atoms with Crippen LogP contribution in [0, 0.1) is 12.7 Å². The summed E-state index contributed by atoms with van der Waals surface area (Å²) in [6, 6.07) is 14.7. The third-order valence-electron chi connectivity index (χ3n) is 4.78. The fourth-order valence-corrected chi connectivity index (χ4v) is 4.84. The fraction of sp³-hybridized carbons (Fsp3) is 0.400. The summed E-state index contributed by atoms with van der Waals surface area (Å²) in [6.45, 7) is 4.99. The lowest BCUT2D eigenvalue weighted by molar-refractivity contribution is 0.232. The zero-order chi connectivity index (χ0) is 16.9. The molecule has 2 aromatic carbocycles. The summed E-state index contributed by atoms with van der Waals surface area (Å²) in [7, 11) is 0. The first kappa shape index (κ1) is 17.5. The molecule has 0 saturated carbocycles. The van der Waals surface area contributed by atoms with Gasteiger partial charge in [-0.3, -0.25) is 0 Å². The molecule has 1 fully saturated rings. The summed E-state index contributed by atoms with van der Waals surface area (Å²) in [6.07, 6.45) is 2.89. The third kappa shape index (κ3) is 4.38. The van der Waals surface area contributed by atoms with Gasteiger partial charge in [0.15, 0.2) is 4.90 Å². The van der Waals surface area contributed by atoms with Crippen molar-refractivity contribution in [1.29, 1.82) is 0 Å². The Hall–Kier alpha value is -1.36. The van der Waals surface area contributed by atoms with Crippen molar-refractivity contribution in [3.05, 3.63) is 65.5 Å². The van der Waals surface area contributed by atoms with Gasteiger partial charge in [-0.25, -0.2) is 4.39 Å². The number of aryl methyl sites for hydroxylation is 1. The molecule has 0 bridgehead atoms. The quantitative estimate of drug-likeness (QED) is 0.767. The maximum Gasteiger partial charge on any atom is 0.155 e. The van der Waals surface area contributed by atoms with Gasteiger partial charge in [-0.1, -0.05) is 30.3 Å². The Labute approximate surface area is 146 Å². The molecule has 1 heterocycles. The zero-order valence-corrected chi connectivity index (χ0v) is 14.9. The number of hydrogen-bond acceptors (Lipinski definition) is 2. The first-order valence-electron chi connectivity index (χ1n) is 8.56. The van der Waals surface area contributed by atoms with Crippen molar-refractivity contribution in [2.24, 2.45) is 0 Å². The van der Waals surface area contributed by atoms with Crippen LogP contribution in [0.5, 0.6) is 0 Å². The van der Waals surface area contributed by atoms with Crippen LogP contribution in [0.15, 0.2) is 53.4 Å². The molecule has 1 aliphatic heterocycles. The molecule has 0 aromatic heterocycles. The van der Waals surface area contributed by atoms with Gasteiger partial charge in [0.05, 0.1) is 0 Å². The maximum absolute atomic E-state index is 12.9. The highest BCUT2D eigenvalue weighted by molar-refractivity contribution is 7.92. The second-order valence-electron chi connectivity index (χ2n) is 6.48. The highest BCUT2D eigenvalue weighted by Crippen LogP contribution is 2.26. The molecule has 128 valence electrons. The van der Waals surface area contributed by atoms with Crippen molar-refractivity contribution in [1.82, 2.24) is 4.90 Å². The lowest BCUT2D eigenvalue weighted by atomic mass is 10.1. The van der Waals surface area contributed by atoms with Gasteiger partial charge < -0.3 is 9.45 Å². The average Bonchev–Trinajstić information content (AvgIpc) is 2.61. The first-order valence-corrected chi connectivity index (χ1v) is 9.78. The Kier molecular flexibility index (Phi) is 5.93. The van der Waals surface area contributed by atoms with Gasteiger partial charge in [0.1, 0.15) is 11.1 Å². The lowest BCUT2D eigenvalue weighted by Gasteiger charge is -2.32. The van der Waals surface area contributed by atoms with Crippen LogP contribution in [0.25, 0.3) is 0 Å². The average molecular weight is 345 g/mol. The molecule has 4 heteroatoms. The maximum atomic E-state index is 12.9. The van der Waals surface area contributed by atoms with Crippen LogP contribution < -0.4 is 0 Å². The van der Waals surface area contributed by atoms with Crippen molar-refractivity contribution < 1.29 is 8.94 Å². The molecule has 2 nitrogen and oxygen atoms in total. The van der Waals surface area contributed by atoms with Crippen LogP contribution >= 0.6 is 0 Å². The summed E-state index contributed by atoms with van der Waals surface area (Å²) in [4.78, 5) is 3.41. The molecular formula is C20H24FNOS. The van der Waals surface area contributed by atoms with E-state index in [0.717, 1.165) is 49.4 Å². The normalized spacial score (nSPS) is 17.8. The Morgan fingerprint density at radius 2 is 1.75 bits per heavy atom. The highest BCUT2D eigenvalue weighted by Gasteiger charge is 2.30. The van der Waals surface area contributed by atoms with Gasteiger partial charge in [-0.05, 0) is 48.3 Å². The summed E-state index contributed by atoms with van der Waals surface area (Å²) < 4.78 is 25.7. The van der Waals surface area contributed by atoms with Crippen molar-refractivity contribution in [3.63, 3.8) is 0 Å². The monoisotopic (exact) mass is 345 g/mol. The van der Waals surface area contributed by atoms with Crippen LogP contribution in [-0.2, 0) is 17.6 Å². The summed E-state index contributed by atoms with van der Waals surface area (Å²) in [5, 5.41) is 0.258. The fourth-order valence-electron chi connectivity index (χ4n) is 3.25. The molecule has 1 atom stereocenters. The number of piperidine rings is 1. The van der Waals surface area contributed by atoms with E-state index in [1.807, 2.05) is 43.3 Å². The lowest BCUT2D eigenvalue weighted by Crippen LogP contribution is -2.40. The smallest absolute Gasteiger partial charge is 0.155 e. The number of benzene rings is 2. The third-order valence-corrected chi connectivity index (χ3v) is 6.75. The van der Waals surface area contributed by atoms with Crippen molar-refractivity contribution in [3.8, 4) is 0 Å². The zero-order valence-electron chi connectivity index (χ0n) is 14.1. The second-order valence-corrected chi connectivity index (χ2v) is 8.18. The Bertz CT molecular complexity index is 653. The molecule has 0 spiro atoms. The Morgan fingerprint density at radius 1 is 1.08 bits per heavy atom. The number of hydrogen-bond donors (Lipinski definition) is 0. The standard InChI is InChI=1S/C20H24FNOS/c1-16-4-2-3-5-20(16)24(23)19-11-14-22(15-12-19)13-10-17-6-8-18(21)9-7-17/h2-9,19H,10-15H2,1H3. The number of halogens is 1. The molecular weight excluding hydrogens is 321 g/mol. The van der Waals surface area contributed by atoms with Crippen LogP contribution in [0.2, 0.25) is 0 Å². The van der Waals surface area contributed by atoms with E-state index in [4.69, 9.17) is 0 Å². The predicted molar refractivity (Wildman–Crippen MR) is 97.2 cm³/mol. The number of nitrogens with zero attached hydrogens (tertiary/aromatic N) is 1. The molecule has 0 N–H and O–H groups in total. The van der Waals surface area contributed by atoms with E-state index in [1.165, 1.54) is 17.7 Å². The van der Waals surface area contributed by atoms with Gasteiger partial charge in [0, 0.05) is 38.0 Å². The molecule has 0 amide bonds. The van der Waals surface area contributed by atoms with Gasteiger partial charge in [0.25, 0.3) is 0 Å². The van der Waals surface area contributed by atoms with E-state index in [2.05, 4.69) is 4.90 Å². The molecule has 3 rings (SSSR count). The number of rotatable bonds is 5. The molecule has 0 aliphatic carbocycles. The molecule has 2 aromatic rings. The highest BCUT2D eigenvalue weighted by atomic mass is 32.2. The molecule has 1 aliphatic rings.